The van der Waals surface area contributed by atoms with E-state index in [2.05, 4.69) is 118 Å². The van der Waals surface area contributed by atoms with Crippen molar-refractivity contribution in [3.63, 3.8) is 0 Å². The molecule has 6 heteroatoms. The number of allylic oxidation sites excluding steroid dienone is 16. The van der Waals surface area contributed by atoms with E-state index in [0.29, 0.717) is 19.3 Å². The minimum atomic E-state index is -0.784. The van der Waals surface area contributed by atoms with Crippen molar-refractivity contribution in [2.45, 2.75) is 322 Å². The molecule has 77 heavy (non-hydrogen) atoms. The van der Waals surface area contributed by atoms with Gasteiger partial charge in [-0.15, -0.1) is 0 Å². The summed E-state index contributed by atoms with van der Waals surface area (Å²) in [6.45, 7) is 6.44. The number of hydrogen-bond donors (Lipinski definition) is 0. The van der Waals surface area contributed by atoms with Crippen molar-refractivity contribution in [1.29, 1.82) is 0 Å². The molecule has 0 rings (SSSR count). The van der Waals surface area contributed by atoms with Crippen molar-refractivity contribution in [3.8, 4) is 0 Å². The Morgan fingerprint density at radius 3 is 0.792 bits per heavy atom. The molecule has 0 radical (unpaired) electrons. The Morgan fingerprint density at radius 1 is 0.273 bits per heavy atom. The van der Waals surface area contributed by atoms with Crippen molar-refractivity contribution in [2.24, 2.45) is 0 Å². The molecule has 0 amide bonds. The Kier molecular flexibility index (Phi) is 61.8. The lowest BCUT2D eigenvalue weighted by molar-refractivity contribution is -0.167. The molecule has 0 aliphatic heterocycles. The second-order valence-corrected chi connectivity index (χ2v) is 21.6. The van der Waals surface area contributed by atoms with Crippen LogP contribution in [0.4, 0.5) is 0 Å². The van der Waals surface area contributed by atoms with Gasteiger partial charge in [0, 0.05) is 19.3 Å². The molecule has 0 aromatic rings. The number of carbonyl (C=O) groups is 3. The first-order valence-corrected chi connectivity index (χ1v) is 32.7. The quantitative estimate of drug-likeness (QED) is 0.0261. The summed E-state index contributed by atoms with van der Waals surface area (Å²) in [5.41, 5.74) is 0. The molecular formula is C71H122O6. The standard InChI is InChI=1S/C71H122O6/c1-4-7-10-13-16-19-22-25-28-30-31-32-33-34-35-36-37-38-39-41-43-46-49-52-55-58-61-64-70(73)76-67-68(66-75-69(72)63-60-57-54-51-48-45-42-27-24-21-18-15-12-9-6-3)77-71(74)65-62-59-56-53-50-47-44-40-29-26-23-20-17-14-11-8-5-2/h7-8,10-11,16-17,19-20,25-26,28-29,31-32,34-35,68H,4-6,9,12-15,18,21-24,27,30,33,36-67H2,1-3H3/b10-7-,11-8-,19-16-,20-17-,28-25-,29-26-,32-31-,35-34-. The predicted molar refractivity (Wildman–Crippen MR) is 334 cm³/mol. The summed E-state index contributed by atoms with van der Waals surface area (Å²) >= 11 is 0. The maximum atomic E-state index is 12.9. The van der Waals surface area contributed by atoms with Crippen LogP contribution in [-0.4, -0.2) is 37.2 Å². The van der Waals surface area contributed by atoms with E-state index in [-0.39, 0.29) is 31.1 Å². The molecule has 0 aromatic heterocycles. The van der Waals surface area contributed by atoms with Gasteiger partial charge in [0.2, 0.25) is 0 Å². The fraction of sp³-hybridized carbons (Fsp3) is 0.732. The Balaban J connectivity index is 4.31. The molecule has 6 nitrogen and oxygen atoms in total. The maximum absolute atomic E-state index is 12.9. The highest BCUT2D eigenvalue weighted by molar-refractivity contribution is 5.71. The van der Waals surface area contributed by atoms with Crippen LogP contribution in [0.1, 0.15) is 316 Å². The first-order chi connectivity index (χ1) is 38.0. The van der Waals surface area contributed by atoms with Crippen LogP contribution in [0.25, 0.3) is 0 Å². The van der Waals surface area contributed by atoms with Crippen LogP contribution >= 0.6 is 0 Å². The monoisotopic (exact) mass is 1070 g/mol. The zero-order chi connectivity index (χ0) is 55.7. The number of hydrogen-bond acceptors (Lipinski definition) is 6. The molecular weight excluding hydrogens is 949 g/mol. The van der Waals surface area contributed by atoms with Crippen LogP contribution in [0.3, 0.4) is 0 Å². The normalized spacial score (nSPS) is 12.7. The van der Waals surface area contributed by atoms with Gasteiger partial charge in [-0.3, -0.25) is 14.4 Å². The van der Waals surface area contributed by atoms with Crippen LogP contribution in [0, 0.1) is 0 Å². The van der Waals surface area contributed by atoms with Crippen LogP contribution in [0.5, 0.6) is 0 Å². The third kappa shape index (κ3) is 63.0. The number of esters is 3. The van der Waals surface area contributed by atoms with Crippen LogP contribution in [0.15, 0.2) is 97.2 Å². The van der Waals surface area contributed by atoms with Gasteiger partial charge in [-0.1, -0.05) is 298 Å². The highest BCUT2D eigenvalue weighted by Crippen LogP contribution is 2.17. The minimum Gasteiger partial charge on any atom is -0.462 e. The molecule has 442 valence electrons. The van der Waals surface area contributed by atoms with Crippen molar-refractivity contribution >= 4 is 17.9 Å². The largest absolute Gasteiger partial charge is 0.462 e. The van der Waals surface area contributed by atoms with E-state index in [1.54, 1.807) is 0 Å². The number of ether oxygens (including phenoxy) is 3. The third-order valence-electron chi connectivity index (χ3n) is 14.1. The number of rotatable bonds is 59. The van der Waals surface area contributed by atoms with Crippen molar-refractivity contribution < 1.29 is 28.6 Å². The average molecular weight is 1070 g/mol. The SMILES string of the molecule is CC/C=C\C/C=C\C/C=C\C/C=C\C/C=C\CCCCCCCCCCCCCC(=O)OCC(COC(=O)CCCCCCCCCCCCCCCCC)OC(=O)CCCCCCCCC/C=C\C/C=C\C/C=C\CC. The van der Waals surface area contributed by atoms with Crippen molar-refractivity contribution in [2.75, 3.05) is 13.2 Å². The van der Waals surface area contributed by atoms with E-state index >= 15 is 0 Å². The van der Waals surface area contributed by atoms with Gasteiger partial charge in [0.1, 0.15) is 13.2 Å². The Hall–Kier alpha value is -3.67. The molecule has 0 fully saturated rings. The second-order valence-electron chi connectivity index (χ2n) is 21.6. The van der Waals surface area contributed by atoms with Crippen LogP contribution in [-0.2, 0) is 28.6 Å². The lowest BCUT2D eigenvalue weighted by atomic mass is 10.0. The highest BCUT2D eigenvalue weighted by atomic mass is 16.6. The van der Waals surface area contributed by atoms with E-state index in [9.17, 15) is 14.4 Å². The van der Waals surface area contributed by atoms with E-state index < -0.39 is 6.10 Å². The van der Waals surface area contributed by atoms with Gasteiger partial charge in [0.25, 0.3) is 0 Å². The zero-order valence-electron chi connectivity index (χ0n) is 50.7. The topological polar surface area (TPSA) is 78.9 Å². The van der Waals surface area contributed by atoms with Crippen LogP contribution < -0.4 is 0 Å². The molecule has 0 N–H and O–H groups in total. The van der Waals surface area contributed by atoms with E-state index in [1.807, 2.05) is 0 Å². The van der Waals surface area contributed by atoms with Gasteiger partial charge >= 0.3 is 17.9 Å². The first kappa shape index (κ1) is 73.3. The van der Waals surface area contributed by atoms with Crippen LogP contribution in [0.2, 0.25) is 0 Å². The number of unbranched alkanes of at least 4 members (excludes halogenated alkanes) is 32. The summed E-state index contributed by atoms with van der Waals surface area (Å²) in [5.74, 6) is -0.879. The third-order valence-corrected chi connectivity index (χ3v) is 14.1. The lowest BCUT2D eigenvalue weighted by Crippen LogP contribution is -2.30. The molecule has 0 heterocycles. The minimum absolute atomic E-state index is 0.0791. The fourth-order valence-electron chi connectivity index (χ4n) is 9.25. The van der Waals surface area contributed by atoms with E-state index in [4.69, 9.17) is 14.2 Å². The first-order valence-electron chi connectivity index (χ1n) is 32.7. The summed E-state index contributed by atoms with van der Waals surface area (Å²) in [6.07, 6.45) is 87.0. The van der Waals surface area contributed by atoms with Crippen molar-refractivity contribution in [1.82, 2.24) is 0 Å². The molecule has 1 atom stereocenters. The molecule has 0 bridgehead atoms. The second kappa shape index (κ2) is 64.9. The average Bonchev–Trinajstić information content (AvgIpc) is 3.43. The molecule has 0 aliphatic rings. The Bertz CT molecular complexity index is 1510. The van der Waals surface area contributed by atoms with Gasteiger partial charge in [0.05, 0.1) is 0 Å². The van der Waals surface area contributed by atoms with Gasteiger partial charge in [-0.25, -0.2) is 0 Å². The molecule has 0 aromatic carbocycles. The summed E-state index contributed by atoms with van der Waals surface area (Å²) in [6, 6.07) is 0. The van der Waals surface area contributed by atoms with Crippen molar-refractivity contribution in [3.05, 3.63) is 97.2 Å². The predicted octanol–water partition coefficient (Wildman–Crippen LogP) is 22.4. The van der Waals surface area contributed by atoms with Gasteiger partial charge < -0.3 is 14.2 Å². The Labute approximate surface area is 477 Å². The summed E-state index contributed by atoms with van der Waals surface area (Å²) in [5, 5.41) is 0. The van der Waals surface area contributed by atoms with Gasteiger partial charge in [-0.05, 0) is 96.3 Å². The summed E-state index contributed by atoms with van der Waals surface area (Å²) < 4.78 is 16.9. The molecule has 0 saturated heterocycles. The molecule has 1 unspecified atom stereocenters. The number of carbonyl (C=O) groups excluding carboxylic acids is 3. The fourth-order valence-corrected chi connectivity index (χ4v) is 9.25. The van der Waals surface area contributed by atoms with Gasteiger partial charge in [-0.2, -0.15) is 0 Å². The molecule has 0 spiro atoms. The molecule has 0 saturated carbocycles. The van der Waals surface area contributed by atoms with Gasteiger partial charge in [0.15, 0.2) is 6.10 Å². The van der Waals surface area contributed by atoms with E-state index in [0.717, 1.165) is 116 Å². The van der Waals surface area contributed by atoms with E-state index in [1.165, 1.54) is 161 Å². The molecule has 0 aliphatic carbocycles. The maximum Gasteiger partial charge on any atom is 0.306 e. The summed E-state index contributed by atoms with van der Waals surface area (Å²) in [7, 11) is 0. The smallest absolute Gasteiger partial charge is 0.306 e. The lowest BCUT2D eigenvalue weighted by Gasteiger charge is -2.18. The zero-order valence-corrected chi connectivity index (χ0v) is 50.7. The Morgan fingerprint density at radius 2 is 0.506 bits per heavy atom. The summed E-state index contributed by atoms with van der Waals surface area (Å²) in [4.78, 5) is 38.4. The highest BCUT2D eigenvalue weighted by Gasteiger charge is 2.19.